The number of nitrogens with one attached hydrogen (secondary N) is 1. The fourth-order valence-electron chi connectivity index (χ4n) is 2.49. The van der Waals surface area contributed by atoms with Crippen molar-refractivity contribution in [3.05, 3.63) is 24.2 Å². The number of guanidine groups is 1. The van der Waals surface area contributed by atoms with E-state index >= 15 is 0 Å². The fourth-order valence-corrected chi connectivity index (χ4v) is 2.49. The summed E-state index contributed by atoms with van der Waals surface area (Å²) in [4.78, 5) is 33.9. The minimum absolute atomic E-state index is 0. The Hall–Kier alpha value is -1.82. The third kappa shape index (κ3) is 7.01. The van der Waals surface area contributed by atoms with Gasteiger partial charge in [0.05, 0.1) is 12.9 Å². The Morgan fingerprint density at radius 2 is 1.93 bits per heavy atom. The average Bonchev–Trinajstić information content (AvgIpc) is 3.18. The normalized spacial score (nSPS) is 14.6. The highest BCUT2D eigenvalue weighted by Crippen LogP contribution is 2.09. The van der Waals surface area contributed by atoms with Gasteiger partial charge in [0.1, 0.15) is 6.54 Å². The van der Waals surface area contributed by atoms with E-state index in [9.17, 15) is 9.59 Å². The maximum atomic E-state index is 12.3. The van der Waals surface area contributed by atoms with Crippen molar-refractivity contribution in [1.82, 2.24) is 20.0 Å². The lowest BCUT2D eigenvalue weighted by atomic mass is 10.3. The minimum Gasteiger partial charge on any atom is -0.459 e. The van der Waals surface area contributed by atoms with Gasteiger partial charge in [0.15, 0.2) is 11.7 Å². The van der Waals surface area contributed by atoms with E-state index in [0.29, 0.717) is 51.1 Å². The monoisotopic (exact) mass is 493 g/mol. The summed E-state index contributed by atoms with van der Waals surface area (Å²) in [6.45, 7) is 3.59. The number of furan rings is 1. The van der Waals surface area contributed by atoms with Crippen LogP contribution in [-0.2, 0) is 9.53 Å². The van der Waals surface area contributed by atoms with E-state index in [2.05, 4.69) is 10.3 Å². The molecule has 0 aliphatic carbocycles. The molecule has 2 rings (SSSR count). The molecule has 1 aromatic rings. The molecule has 152 valence electrons. The molecule has 9 nitrogen and oxygen atoms in total. The van der Waals surface area contributed by atoms with E-state index in [-0.39, 0.29) is 42.3 Å². The first-order valence-electron chi connectivity index (χ1n) is 8.58. The molecule has 1 N–H and O–H groups in total. The van der Waals surface area contributed by atoms with Crippen molar-refractivity contribution < 1.29 is 18.7 Å². The highest BCUT2D eigenvalue weighted by molar-refractivity contribution is 14.0. The summed E-state index contributed by atoms with van der Waals surface area (Å²) in [6.07, 6.45) is 1.50. The summed E-state index contributed by atoms with van der Waals surface area (Å²) in [6, 6.07) is 3.37. The predicted molar refractivity (Wildman–Crippen MR) is 112 cm³/mol. The van der Waals surface area contributed by atoms with E-state index in [1.54, 1.807) is 38.2 Å². The van der Waals surface area contributed by atoms with E-state index in [1.165, 1.54) is 11.2 Å². The number of carbonyl (C=O) groups excluding carboxylic acids is 2. The molecule has 0 atom stereocenters. The maximum Gasteiger partial charge on any atom is 0.289 e. The standard InChI is InChI=1S/C17H27N5O4.HI/c1-20(2)15(23)13-19-17(18-6-12-25-3)22-9-7-21(8-10-22)16(24)14-5-4-11-26-14;/h4-5,11H,6-10,12-13H2,1-3H3,(H,18,19);1H. The molecule has 1 aromatic heterocycles. The largest absolute Gasteiger partial charge is 0.459 e. The highest BCUT2D eigenvalue weighted by Gasteiger charge is 2.25. The minimum atomic E-state index is -0.108. The number of rotatable bonds is 6. The molecule has 0 aromatic carbocycles. The lowest BCUT2D eigenvalue weighted by Crippen LogP contribution is -2.54. The average molecular weight is 493 g/mol. The first-order chi connectivity index (χ1) is 12.5. The number of carbonyl (C=O) groups is 2. The van der Waals surface area contributed by atoms with Gasteiger partial charge in [-0.3, -0.25) is 9.59 Å². The van der Waals surface area contributed by atoms with Crippen LogP contribution in [0.3, 0.4) is 0 Å². The zero-order chi connectivity index (χ0) is 18.9. The molecule has 1 fully saturated rings. The van der Waals surface area contributed by atoms with Gasteiger partial charge >= 0.3 is 0 Å². The molecule has 2 heterocycles. The first-order valence-corrected chi connectivity index (χ1v) is 8.58. The molecule has 10 heteroatoms. The summed E-state index contributed by atoms with van der Waals surface area (Å²) in [5.41, 5.74) is 0. The summed E-state index contributed by atoms with van der Waals surface area (Å²) >= 11 is 0. The number of piperazine rings is 1. The van der Waals surface area contributed by atoms with Crippen LogP contribution in [0.15, 0.2) is 27.8 Å². The Labute approximate surface area is 176 Å². The Morgan fingerprint density at radius 1 is 1.26 bits per heavy atom. The number of aliphatic imine (C=N–C) groups is 1. The van der Waals surface area contributed by atoms with Gasteiger partial charge in [0, 0.05) is 53.9 Å². The molecule has 0 bridgehead atoms. The Bertz CT molecular complexity index is 613. The SMILES string of the molecule is COCCNC(=NCC(=O)N(C)C)N1CCN(C(=O)c2ccco2)CC1.I. The second kappa shape index (κ2) is 11.8. The number of ether oxygens (including phenoxy) is 1. The molecule has 0 spiro atoms. The lowest BCUT2D eigenvalue weighted by molar-refractivity contribution is -0.127. The predicted octanol–water partition coefficient (Wildman–Crippen LogP) is 0.336. The van der Waals surface area contributed by atoms with E-state index in [1.807, 2.05) is 4.90 Å². The van der Waals surface area contributed by atoms with Gasteiger partial charge in [0.25, 0.3) is 5.91 Å². The van der Waals surface area contributed by atoms with Gasteiger partial charge in [-0.2, -0.15) is 0 Å². The Kier molecular flexibility index (Phi) is 10.1. The third-order valence-corrected chi connectivity index (χ3v) is 4.05. The Balaban J connectivity index is 0.00000364. The summed E-state index contributed by atoms with van der Waals surface area (Å²) in [7, 11) is 5.04. The zero-order valence-corrected chi connectivity index (χ0v) is 18.3. The number of nitrogens with zero attached hydrogens (tertiary/aromatic N) is 4. The molecule has 2 amide bonds. The molecule has 1 aliphatic heterocycles. The molecular weight excluding hydrogens is 465 g/mol. The maximum absolute atomic E-state index is 12.3. The number of likely N-dealkylation sites (N-methyl/N-ethyl adjacent to an activating group) is 1. The van der Waals surface area contributed by atoms with Gasteiger partial charge in [-0.15, -0.1) is 24.0 Å². The molecule has 27 heavy (non-hydrogen) atoms. The number of amides is 2. The Morgan fingerprint density at radius 3 is 2.48 bits per heavy atom. The van der Waals surface area contributed by atoms with Gasteiger partial charge < -0.3 is 29.2 Å². The van der Waals surface area contributed by atoms with Crippen LogP contribution in [0.25, 0.3) is 0 Å². The quantitative estimate of drug-likeness (QED) is 0.266. The molecule has 1 saturated heterocycles. The van der Waals surface area contributed by atoms with Crippen LogP contribution in [0.2, 0.25) is 0 Å². The van der Waals surface area contributed by atoms with Crippen molar-refractivity contribution in [2.75, 3.05) is 67.1 Å². The summed E-state index contributed by atoms with van der Waals surface area (Å²) in [5.74, 6) is 0.829. The van der Waals surface area contributed by atoms with Crippen LogP contribution in [0.4, 0.5) is 0 Å². The summed E-state index contributed by atoms with van der Waals surface area (Å²) < 4.78 is 10.2. The van der Waals surface area contributed by atoms with E-state index in [0.717, 1.165) is 0 Å². The summed E-state index contributed by atoms with van der Waals surface area (Å²) in [5, 5.41) is 3.21. The zero-order valence-electron chi connectivity index (χ0n) is 16.0. The van der Waals surface area contributed by atoms with Gasteiger partial charge in [-0.05, 0) is 12.1 Å². The van der Waals surface area contributed by atoms with Crippen molar-refractivity contribution in [3.63, 3.8) is 0 Å². The highest BCUT2D eigenvalue weighted by atomic mass is 127. The van der Waals surface area contributed by atoms with Gasteiger partial charge in [0.2, 0.25) is 5.91 Å². The lowest BCUT2D eigenvalue weighted by Gasteiger charge is -2.36. The molecule has 0 saturated carbocycles. The van der Waals surface area contributed by atoms with Crippen molar-refractivity contribution in [2.24, 2.45) is 4.99 Å². The van der Waals surface area contributed by atoms with Gasteiger partial charge in [-0.1, -0.05) is 0 Å². The molecular formula is C17H28IN5O4. The number of methoxy groups -OCH3 is 1. The second-order valence-electron chi connectivity index (χ2n) is 6.10. The van der Waals surface area contributed by atoms with E-state index < -0.39 is 0 Å². The topological polar surface area (TPSA) is 90.6 Å². The number of halogens is 1. The second-order valence-corrected chi connectivity index (χ2v) is 6.10. The van der Waals surface area contributed by atoms with Crippen molar-refractivity contribution in [2.45, 2.75) is 0 Å². The van der Waals surface area contributed by atoms with Crippen LogP contribution < -0.4 is 5.32 Å². The third-order valence-electron chi connectivity index (χ3n) is 4.05. The smallest absolute Gasteiger partial charge is 0.289 e. The van der Waals surface area contributed by atoms with Crippen LogP contribution in [-0.4, -0.2) is 99.6 Å². The van der Waals surface area contributed by atoms with Crippen molar-refractivity contribution in [1.29, 1.82) is 0 Å². The van der Waals surface area contributed by atoms with Crippen LogP contribution in [0, 0.1) is 0 Å². The molecule has 1 aliphatic rings. The molecule has 0 radical (unpaired) electrons. The van der Waals surface area contributed by atoms with E-state index in [4.69, 9.17) is 9.15 Å². The number of hydrogen-bond donors (Lipinski definition) is 1. The number of hydrogen-bond acceptors (Lipinski definition) is 5. The van der Waals surface area contributed by atoms with Crippen LogP contribution >= 0.6 is 24.0 Å². The fraction of sp³-hybridized carbons (Fsp3) is 0.588. The van der Waals surface area contributed by atoms with Crippen molar-refractivity contribution >= 4 is 41.8 Å². The van der Waals surface area contributed by atoms with Crippen molar-refractivity contribution in [3.8, 4) is 0 Å². The van der Waals surface area contributed by atoms with Gasteiger partial charge in [-0.25, -0.2) is 4.99 Å². The first kappa shape index (κ1) is 23.2. The van der Waals surface area contributed by atoms with Crippen LogP contribution in [0.1, 0.15) is 10.6 Å². The van der Waals surface area contributed by atoms with Crippen LogP contribution in [0.5, 0.6) is 0 Å². The molecule has 0 unspecified atom stereocenters.